The summed E-state index contributed by atoms with van der Waals surface area (Å²) in [6, 6.07) is 9.06. The van der Waals surface area contributed by atoms with E-state index in [1.165, 1.54) is 6.07 Å². The van der Waals surface area contributed by atoms with E-state index in [4.69, 9.17) is 17.3 Å². The third-order valence-corrected chi connectivity index (χ3v) is 4.65. The molecule has 2 heterocycles. The van der Waals surface area contributed by atoms with Crippen molar-refractivity contribution < 1.29 is 18.0 Å². The molecule has 1 aromatic carbocycles. The van der Waals surface area contributed by atoms with E-state index in [1.54, 1.807) is 30.3 Å². The quantitative estimate of drug-likeness (QED) is 0.664. The summed E-state index contributed by atoms with van der Waals surface area (Å²) in [5.74, 6) is 0.0347. The molecular formula is C18H11ClF3N3O. The number of hydrogen-bond acceptors (Lipinski definition) is 3. The topological polar surface area (TPSA) is 60.4 Å². The molecule has 0 saturated carbocycles. The van der Waals surface area contributed by atoms with Crippen molar-refractivity contribution in [3.8, 4) is 11.1 Å². The Morgan fingerprint density at radius 3 is 2.54 bits per heavy atom. The van der Waals surface area contributed by atoms with Crippen molar-refractivity contribution in [2.24, 2.45) is 0 Å². The predicted molar refractivity (Wildman–Crippen MR) is 92.8 cm³/mol. The van der Waals surface area contributed by atoms with Crippen LogP contribution in [0, 0.1) is 0 Å². The van der Waals surface area contributed by atoms with Crippen molar-refractivity contribution in [3.63, 3.8) is 0 Å². The molecule has 0 radical (unpaired) electrons. The van der Waals surface area contributed by atoms with E-state index >= 15 is 0 Å². The highest BCUT2D eigenvalue weighted by atomic mass is 35.5. The third-order valence-electron chi connectivity index (χ3n) is 4.30. The average Bonchev–Trinajstić information content (AvgIpc) is 3.05. The number of allylic oxidation sites excluding steroid dienone is 1. The zero-order valence-corrected chi connectivity index (χ0v) is 13.9. The Balaban J connectivity index is 1.95. The predicted octanol–water partition coefficient (Wildman–Crippen LogP) is 4.77. The zero-order valence-electron chi connectivity index (χ0n) is 13.1. The van der Waals surface area contributed by atoms with E-state index in [-0.39, 0.29) is 23.5 Å². The molecule has 0 fully saturated rings. The van der Waals surface area contributed by atoms with Gasteiger partial charge in [0, 0.05) is 28.1 Å². The van der Waals surface area contributed by atoms with Crippen molar-refractivity contribution in [1.82, 2.24) is 9.61 Å². The zero-order chi connectivity index (χ0) is 18.6. The number of halogens is 4. The van der Waals surface area contributed by atoms with Crippen LogP contribution in [0.4, 0.5) is 19.0 Å². The molecule has 1 aliphatic carbocycles. The molecule has 0 amide bonds. The van der Waals surface area contributed by atoms with Crippen LogP contribution in [0.1, 0.15) is 28.0 Å². The van der Waals surface area contributed by atoms with E-state index in [2.05, 4.69) is 5.10 Å². The molecule has 26 heavy (non-hydrogen) atoms. The number of ketones is 1. The van der Waals surface area contributed by atoms with Crippen molar-refractivity contribution >= 4 is 33.8 Å². The van der Waals surface area contributed by atoms with E-state index in [0.29, 0.717) is 27.3 Å². The first kappa shape index (κ1) is 16.7. The first-order chi connectivity index (χ1) is 12.3. The largest absolute Gasteiger partial charge is 0.435 e. The van der Waals surface area contributed by atoms with Crippen LogP contribution in [0.15, 0.2) is 42.5 Å². The van der Waals surface area contributed by atoms with E-state index < -0.39 is 11.9 Å². The normalized spacial score (nSPS) is 14.5. The Morgan fingerprint density at radius 1 is 1.08 bits per heavy atom. The van der Waals surface area contributed by atoms with Gasteiger partial charge in [-0.3, -0.25) is 4.79 Å². The summed E-state index contributed by atoms with van der Waals surface area (Å²) in [7, 11) is 0. The summed E-state index contributed by atoms with van der Waals surface area (Å²) < 4.78 is 40.2. The highest BCUT2D eigenvalue weighted by molar-refractivity contribution is 6.50. The molecule has 0 saturated heterocycles. The molecule has 1 aliphatic rings. The number of anilines is 1. The standard InChI is InChI=1S/C18H11ClF3N3O/c19-13-4-5-15(26)11-2-1-9(7-12(11)13)10-3-6-17(23)25-14(10)8-16(24-25)18(20,21)22/h1-4,6-8H,5,23H2. The van der Waals surface area contributed by atoms with E-state index in [9.17, 15) is 18.0 Å². The highest BCUT2D eigenvalue weighted by Crippen LogP contribution is 2.36. The van der Waals surface area contributed by atoms with Gasteiger partial charge in [-0.15, -0.1) is 0 Å². The molecule has 8 heteroatoms. The fourth-order valence-electron chi connectivity index (χ4n) is 3.03. The summed E-state index contributed by atoms with van der Waals surface area (Å²) in [4.78, 5) is 12.0. The number of carbonyl (C=O) groups excluding carboxylic acids is 1. The van der Waals surface area contributed by atoms with Crippen LogP contribution in [-0.2, 0) is 6.18 Å². The van der Waals surface area contributed by atoms with Crippen molar-refractivity contribution in [1.29, 1.82) is 0 Å². The number of Topliss-reactive ketones (excluding diaryl/α,β-unsaturated/α-hetero) is 1. The summed E-state index contributed by atoms with van der Waals surface area (Å²) in [6.07, 6.45) is -2.73. The third kappa shape index (κ3) is 2.55. The second-order valence-corrected chi connectivity index (χ2v) is 6.34. The van der Waals surface area contributed by atoms with Crippen LogP contribution < -0.4 is 5.73 Å². The number of benzene rings is 1. The second-order valence-electron chi connectivity index (χ2n) is 5.94. The number of rotatable bonds is 1. The smallest absolute Gasteiger partial charge is 0.384 e. The number of nitrogen functional groups attached to an aromatic ring is 1. The molecule has 0 spiro atoms. The Kier molecular flexibility index (Phi) is 3.59. The van der Waals surface area contributed by atoms with Crippen LogP contribution in [0.3, 0.4) is 0 Å². The van der Waals surface area contributed by atoms with Gasteiger partial charge in [-0.2, -0.15) is 18.3 Å². The van der Waals surface area contributed by atoms with Gasteiger partial charge in [-0.05, 0) is 29.8 Å². The van der Waals surface area contributed by atoms with Gasteiger partial charge in [0.1, 0.15) is 5.82 Å². The van der Waals surface area contributed by atoms with Gasteiger partial charge >= 0.3 is 6.18 Å². The Bertz CT molecular complexity index is 1100. The van der Waals surface area contributed by atoms with Gasteiger partial charge in [-0.25, -0.2) is 4.52 Å². The maximum Gasteiger partial charge on any atom is 0.435 e. The van der Waals surface area contributed by atoms with Gasteiger partial charge in [0.05, 0.1) is 5.52 Å². The van der Waals surface area contributed by atoms with Crippen LogP contribution in [-0.4, -0.2) is 15.4 Å². The van der Waals surface area contributed by atoms with Gasteiger partial charge in [0.2, 0.25) is 0 Å². The molecule has 2 N–H and O–H groups in total. The molecule has 132 valence electrons. The Labute approximate surface area is 150 Å². The number of hydrogen-bond donors (Lipinski definition) is 1. The number of carbonyl (C=O) groups is 1. The minimum absolute atomic E-state index is 0.0536. The Morgan fingerprint density at radius 2 is 1.81 bits per heavy atom. The van der Waals surface area contributed by atoms with Gasteiger partial charge in [0.15, 0.2) is 11.5 Å². The molecule has 0 bridgehead atoms. The summed E-state index contributed by atoms with van der Waals surface area (Å²) in [5.41, 5.74) is 7.15. The van der Waals surface area contributed by atoms with Crippen LogP contribution >= 0.6 is 11.6 Å². The summed E-state index contributed by atoms with van der Waals surface area (Å²) in [6.45, 7) is 0. The van der Waals surface area contributed by atoms with Crippen LogP contribution in [0.2, 0.25) is 0 Å². The van der Waals surface area contributed by atoms with Gasteiger partial charge in [0.25, 0.3) is 0 Å². The lowest BCUT2D eigenvalue weighted by Crippen LogP contribution is -2.07. The van der Waals surface area contributed by atoms with Crippen molar-refractivity contribution in [2.75, 3.05) is 5.73 Å². The number of aromatic nitrogens is 2. The molecule has 0 atom stereocenters. The molecule has 4 nitrogen and oxygen atoms in total. The summed E-state index contributed by atoms with van der Waals surface area (Å²) in [5, 5.41) is 4.00. The number of alkyl halides is 3. The first-order valence-electron chi connectivity index (χ1n) is 7.65. The lowest BCUT2D eigenvalue weighted by atomic mass is 9.92. The molecule has 0 unspecified atom stereocenters. The Hall–Kier alpha value is -2.80. The second kappa shape index (κ2) is 5.60. The van der Waals surface area contributed by atoms with Gasteiger partial charge in [-0.1, -0.05) is 29.8 Å². The maximum atomic E-state index is 13.0. The van der Waals surface area contributed by atoms with Crippen molar-refractivity contribution in [2.45, 2.75) is 12.6 Å². The van der Waals surface area contributed by atoms with Crippen LogP contribution in [0.25, 0.3) is 21.7 Å². The van der Waals surface area contributed by atoms with Gasteiger partial charge < -0.3 is 5.73 Å². The highest BCUT2D eigenvalue weighted by Gasteiger charge is 2.34. The van der Waals surface area contributed by atoms with E-state index in [1.807, 2.05) is 0 Å². The lowest BCUT2D eigenvalue weighted by molar-refractivity contribution is -0.141. The number of nitrogens with zero attached hydrogens (tertiary/aromatic N) is 2. The van der Waals surface area contributed by atoms with Crippen molar-refractivity contribution in [3.05, 3.63) is 59.3 Å². The van der Waals surface area contributed by atoms with Crippen LogP contribution in [0.5, 0.6) is 0 Å². The monoisotopic (exact) mass is 377 g/mol. The average molecular weight is 378 g/mol. The fraction of sp³-hybridized carbons (Fsp3) is 0.111. The molecule has 3 aromatic rings. The number of fused-ring (bicyclic) bond motifs is 2. The van der Waals surface area contributed by atoms with E-state index in [0.717, 1.165) is 10.6 Å². The molecule has 2 aromatic heterocycles. The minimum Gasteiger partial charge on any atom is -0.384 e. The minimum atomic E-state index is -4.58. The SMILES string of the molecule is Nc1ccc(-c2ccc3c(c2)C(Cl)=CCC3=O)c2cc(C(F)(F)F)nn12. The molecule has 0 aliphatic heterocycles. The summed E-state index contributed by atoms with van der Waals surface area (Å²) >= 11 is 6.20. The molecular weight excluding hydrogens is 367 g/mol. The lowest BCUT2D eigenvalue weighted by Gasteiger charge is -2.15. The number of pyridine rings is 1. The molecule has 4 rings (SSSR count). The number of nitrogens with two attached hydrogens (primary N) is 1. The fourth-order valence-corrected chi connectivity index (χ4v) is 3.27. The maximum absolute atomic E-state index is 13.0. The first-order valence-corrected chi connectivity index (χ1v) is 8.02.